The van der Waals surface area contributed by atoms with Crippen LogP contribution in [0.1, 0.15) is 5.56 Å². The van der Waals surface area contributed by atoms with Gasteiger partial charge in [0.15, 0.2) is 0 Å². The topological polar surface area (TPSA) is 113 Å². The zero-order valence-corrected chi connectivity index (χ0v) is 15.4. The van der Waals surface area contributed by atoms with Crippen LogP contribution >= 0.6 is 12.4 Å². The third-order valence-corrected chi connectivity index (χ3v) is 5.65. The number of hydrogen-bond acceptors (Lipinski definition) is 5. The van der Waals surface area contributed by atoms with E-state index in [0.29, 0.717) is 13.1 Å². The summed E-state index contributed by atoms with van der Waals surface area (Å²) in [6.07, 6.45) is 0. The van der Waals surface area contributed by atoms with Gasteiger partial charge in [-0.25, -0.2) is 8.42 Å². The molecular weight excluding hydrogens is 368 g/mol. The van der Waals surface area contributed by atoms with E-state index in [1.807, 2.05) is 6.07 Å². The number of rotatable bonds is 6. The largest absolute Gasteiger partial charge is 0.346 e. The van der Waals surface area contributed by atoms with Crippen molar-refractivity contribution in [2.45, 2.75) is 5.75 Å². The number of benzene rings is 1. The summed E-state index contributed by atoms with van der Waals surface area (Å²) in [5, 5.41) is 2.42. The van der Waals surface area contributed by atoms with Crippen LogP contribution < -0.4 is 11.1 Å². The summed E-state index contributed by atoms with van der Waals surface area (Å²) in [4.78, 5) is 24.6. The smallest absolute Gasteiger partial charge is 0.242 e. The molecule has 8 nitrogen and oxygen atoms in total. The van der Waals surface area contributed by atoms with Crippen molar-refractivity contribution in [1.29, 1.82) is 0 Å². The summed E-state index contributed by atoms with van der Waals surface area (Å²) in [6.45, 7) is 0.847. The maximum absolute atomic E-state index is 12.4. The van der Waals surface area contributed by atoms with Crippen molar-refractivity contribution in [3.63, 3.8) is 0 Å². The molecule has 0 atom stereocenters. The lowest BCUT2D eigenvalue weighted by Crippen LogP contribution is -2.53. The van der Waals surface area contributed by atoms with Crippen molar-refractivity contribution in [3.8, 4) is 0 Å². The fraction of sp³-hybridized carbons (Fsp3) is 0.467. The van der Waals surface area contributed by atoms with Gasteiger partial charge in [0, 0.05) is 26.2 Å². The zero-order chi connectivity index (χ0) is 17.6. The van der Waals surface area contributed by atoms with Crippen molar-refractivity contribution in [3.05, 3.63) is 35.9 Å². The van der Waals surface area contributed by atoms with E-state index in [2.05, 4.69) is 5.32 Å². The molecule has 1 aromatic rings. The molecule has 1 fully saturated rings. The molecule has 1 aliphatic rings. The Morgan fingerprint density at radius 1 is 1.08 bits per heavy atom. The Balaban J connectivity index is 0.00000312. The van der Waals surface area contributed by atoms with E-state index in [0.717, 1.165) is 5.56 Å². The third-order valence-electron chi connectivity index (χ3n) is 3.80. The van der Waals surface area contributed by atoms with Gasteiger partial charge in [0.2, 0.25) is 21.8 Å². The van der Waals surface area contributed by atoms with E-state index in [9.17, 15) is 18.0 Å². The molecule has 1 heterocycles. The maximum atomic E-state index is 12.4. The molecule has 140 valence electrons. The van der Waals surface area contributed by atoms with Crippen LogP contribution in [-0.2, 0) is 25.4 Å². The highest BCUT2D eigenvalue weighted by Crippen LogP contribution is 2.13. The average molecular weight is 391 g/mol. The number of nitrogens with zero attached hydrogens (tertiary/aromatic N) is 2. The summed E-state index contributed by atoms with van der Waals surface area (Å²) >= 11 is 0. The first-order chi connectivity index (χ1) is 11.4. The number of halogens is 1. The van der Waals surface area contributed by atoms with Gasteiger partial charge < -0.3 is 16.0 Å². The maximum Gasteiger partial charge on any atom is 0.242 e. The summed E-state index contributed by atoms with van der Waals surface area (Å²) in [7, 11) is -3.41. The van der Waals surface area contributed by atoms with Crippen LogP contribution in [0.4, 0.5) is 0 Å². The Kier molecular flexibility index (Phi) is 8.30. The number of nitrogens with two attached hydrogens (primary N) is 1. The molecule has 1 aromatic carbocycles. The van der Waals surface area contributed by atoms with Crippen molar-refractivity contribution < 1.29 is 18.0 Å². The number of piperazine rings is 1. The van der Waals surface area contributed by atoms with Gasteiger partial charge in [0.05, 0.1) is 18.8 Å². The Morgan fingerprint density at radius 2 is 1.68 bits per heavy atom. The van der Waals surface area contributed by atoms with Crippen LogP contribution in [0.5, 0.6) is 0 Å². The van der Waals surface area contributed by atoms with Crippen LogP contribution in [-0.4, -0.2) is 68.7 Å². The predicted octanol–water partition coefficient (Wildman–Crippen LogP) is -0.843. The van der Waals surface area contributed by atoms with E-state index in [1.54, 1.807) is 29.2 Å². The lowest BCUT2D eigenvalue weighted by atomic mass is 10.2. The molecule has 1 aliphatic heterocycles. The number of hydrogen-bond donors (Lipinski definition) is 2. The Hall–Kier alpha value is -1.68. The van der Waals surface area contributed by atoms with Gasteiger partial charge in [-0.15, -0.1) is 12.4 Å². The summed E-state index contributed by atoms with van der Waals surface area (Å²) in [5.74, 6) is -0.682. The molecule has 2 rings (SSSR count). The van der Waals surface area contributed by atoms with E-state index in [1.165, 1.54) is 4.31 Å². The van der Waals surface area contributed by atoms with Crippen LogP contribution in [0.15, 0.2) is 30.3 Å². The summed E-state index contributed by atoms with van der Waals surface area (Å²) < 4.78 is 26.3. The lowest BCUT2D eigenvalue weighted by molar-refractivity contribution is -0.133. The molecule has 0 radical (unpaired) electrons. The van der Waals surface area contributed by atoms with Gasteiger partial charge in [-0.3, -0.25) is 9.59 Å². The number of carbonyl (C=O) groups excluding carboxylic acids is 2. The molecule has 0 saturated carbocycles. The van der Waals surface area contributed by atoms with Gasteiger partial charge in [0.1, 0.15) is 0 Å². The SMILES string of the molecule is Cl.NCC(=O)NCC(=O)N1CCN(S(=O)(=O)Cc2ccccc2)CC1. The zero-order valence-electron chi connectivity index (χ0n) is 13.8. The molecule has 0 unspecified atom stereocenters. The molecule has 25 heavy (non-hydrogen) atoms. The van der Waals surface area contributed by atoms with Crippen LogP contribution in [0.2, 0.25) is 0 Å². The molecule has 1 saturated heterocycles. The van der Waals surface area contributed by atoms with E-state index < -0.39 is 15.9 Å². The second-order valence-corrected chi connectivity index (χ2v) is 7.47. The first kappa shape index (κ1) is 21.4. The van der Waals surface area contributed by atoms with Gasteiger partial charge in [-0.1, -0.05) is 30.3 Å². The first-order valence-electron chi connectivity index (χ1n) is 7.68. The Labute approximate surface area is 153 Å². The summed E-state index contributed by atoms with van der Waals surface area (Å²) in [5.41, 5.74) is 5.89. The summed E-state index contributed by atoms with van der Waals surface area (Å²) in [6, 6.07) is 8.99. The number of sulfonamides is 1. The van der Waals surface area contributed by atoms with Gasteiger partial charge >= 0.3 is 0 Å². The van der Waals surface area contributed by atoms with E-state index >= 15 is 0 Å². The van der Waals surface area contributed by atoms with Crippen molar-refractivity contribution in [2.75, 3.05) is 39.3 Å². The Bertz CT molecular complexity index is 676. The monoisotopic (exact) mass is 390 g/mol. The average Bonchev–Trinajstić information content (AvgIpc) is 2.60. The molecule has 2 amide bonds. The van der Waals surface area contributed by atoms with Crippen LogP contribution in [0.3, 0.4) is 0 Å². The molecule has 10 heteroatoms. The first-order valence-corrected chi connectivity index (χ1v) is 9.29. The standard InChI is InChI=1S/C15H22N4O4S.ClH/c16-10-14(20)17-11-15(21)18-6-8-19(9-7-18)24(22,23)12-13-4-2-1-3-5-13;/h1-5H,6-12,16H2,(H,17,20);1H. The molecular formula is C15H23ClN4O4S. The second-order valence-electron chi connectivity index (χ2n) is 5.50. The highest BCUT2D eigenvalue weighted by atomic mass is 35.5. The third kappa shape index (κ3) is 6.28. The quantitative estimate of drug-likeness (QED) is 0.657. The fourth-order valence-corrected chi connectivity index (χ4v) is 3.97. The molecule has 0 aliphatic carbocycles. The van der Waals surface area contributed by atoms with Crippen molar-refractivity contribution >= 4 is 34.2 Å². The fourth-order valence-electron chi connectivity index (χ4n) is 2.45. The van der Waals surface area contributed by atoms with Gasteiger partial charge in [0.25, 0.3) is 0 Å². The van der Waals surface area contributed by atoms with E-state index in [-0.39, 0.29) is 50.2 Å². The van der Waals surface area contributed by atoms with E-state index in [4.69, 9.17) is 5.73 Å². The minimum absolute atomic E-state index is 0. The van der Waals surface area contributed by atoms with Crippen LogP contribution in [0.25, 0.3) is 0 Å². The highest BCUT2D eigenvalue weighted by molar-refractivity contribution is 7.88. The van der Waals surface area contributed by atoms with Gasteiger partial charge in [-0.05, 0) is 5.56 Å². The van der Waals surface area contributed by atoms with Crippen molar-refractivity contribution in [2.24, 2.45) is 5.73 Å². The number of amides is 2. The second kappa shape index (κ2) is 9.71. The number of carbonyl (C=O) groups is 2. The van der Waals surface area contributed by atoms with Crippen molar-refractivity contribution in [1.82, 2.24) is 14.5 Å². The molecule has 0 spiro atoms. The molecule has 0 aromatic heterocycles. The minimum Gasteiger partial charge on any atom is -0.346 e. The highest BCUT2D eigenvalue weighted by Gasteiger charge is 2.28. The number of nitrogens with one attached hydrogen (secondary N) is 1. The van der Waals surface area contributed by atoms with Gasteiger partial charge in [-0.2, -0.15) is 4.31 Å². The van der Waals surface area contributed by atoms with Crippen LogP contribution in [0, 0.1) is 0 Å². The molecule has 0 bridgehead atoms. The predicted molar refractivity (Wildman–Crippen MR) is 96.5 cm³/mol. The minimum atomic E-state index is -3.41. The Morgan fingerprint density at radius 3 is 2.24 bits per heavy atom. The lowest BCUT2D eigenvalue weighted by Gasteiger charge is -2.34. The normalized spacial score (nSPS) is 15.3. The molecule has 3 N–H and O–H groups in total.